The minimum absolute atomic E-state index is 0.0475. The van der Waals surface area contributed by atoms with Gasteiger partial charge in [-0.3, -0.25) is 10.6 Å². The zero-order valence-corrected chi connectivity index (χ0v) is 11.8. The van der Waals surface area contributed by atoms with Crippen molar-refractivity contribution in [3.63, 3.8) is 0 Å². The SMILES string of the molecule is CC1CCCCCC1NC(=O)c1cccc(F)c1NN. The van der Waals surface area contributed by atoms with Gasteiger partial charge in [0.2, 0.25) is 0 Å². The summed E-state index contributed by atoms with van der Waals surface area (Å²) in [7, 11) is 0. The Morgan fingerprint density at radius 2 is 2.05 bits per heavy atom. The van der Waals surface area contributed by atoms with E-state index in [2.05, 4.69) is 17.7 Å². The van der Waals surface area contributed by atoms with Crippen molar-refractivity contribution in [1.82, 2.24) is 5.32 Å². The van der Waals surface area contributed by atoms with E-state index < -0.39 is 5.82 Å². The zero-order valence-electron chi connectivity index (χ0n) is 11.8. The van der Waals surface area contributed by atoms with Gasteiger partial charge in [0.25, 0.3) is 5.91 Å². The van der Waals surface area contributed by atoms with Crippen LogP contribution >= 0.6 is 0 Å². The third-order valence-corrected chi connectivity index (χ3v) is 4.08. The molecule has 2 unspecified atom stereocenters. The Hall–Kier alpha value is -1.62. The second-order valence-electron chi connectivity index (χ2n) is 5.50. The summed E-state index contributed by atoms with van der Waals surface area (Å²) >= 11 is 0. The number of hydrogen-bond acceptors (Lipinski definition) is 3. The van der Waals surface area contributed by atoms with Gasteiger partial charge in [-0.15, -0.1) is 0 Å². The number of nitrogens with one attached hydrogen (secondary N) is 2. The average Bonchev–Trinajstić information content (AvgIpc) is 2.64. The molecular formula is C15H22FN3O. The summed E-state index contributed by atoms with van der Waals surface area (Å²) in [6, 6.07) is 4.52. The standard InChI is InChI=1S/C15H22FN3O/c1-10-6-3-2-4-9-13(10)18-15(20)11-7-5-8-12(16)14(11)19-17/h5,7-8,10,13,19H,2-4,6,9,17H2,1H3,(H,18,20). The van der Waals surface area contributed by atoms with Crippen LogP contribution in [0.3, 0.4) is 0 Å². The molecule has 4 N–H and O–H groups in total. The molecule has 0 radical (unpaired) electrons. The predicted molar refractivity (Wildman–Crippen MR) is 77.7 cm³/mol. The number of nitrogens with two attached hydrogens (primary N) is 1. The number of hydrazine groups is 1. The number of amides is 1. The first-order valence-corrected chi connectivity index (χ1v) is 7.19. The minimum Gasteiger partial charge on any atom is -0.349 e. The first-order valence-electron chi connectivity index (χ1n) is 7.19. The van der Waals surface area contributed by atoms with Gasteiger partial charge in [-0.05, 0) is 30.9 Å². The molecule has 0 aliphatic heterocycles. The number of halogens is 1. The maximum absolute atomic E-state index is 13.6. The molecule has 1 aromatic carbocycles. The average molecular weight is 279 g/mol. The van der Waals surface area contributed by atoms with Crippen LogP contribution in [-0.2, 0) is 0 Å². The summed E-state index contributed by atoms with van der Waals surface area (Å²) in [5.41, 5.74) is 2.57. The molecule has 1 aromatic rings. The smallest absolute Gasteiger partial charge is 0.253 e. The second-order valence-corrected chi connectivity index (χ2v) is 5.50. The molecule has 0 heterocycles. The molecule has 0 spiro atoms. The van der Waals surface area contributed by atoms with Gasteiger partial charge < -0.3 is 10.7 Å². The highest BCUT2D eigenvalue weighted by Gasteiger charge is 2.23. The Morgan fingerprint density at radius 1 is 1.30 bits per heavy atom. The molecule has 110 valence electrons. The number of carbonyl (C=O) groups excluding carboxylic acids is 1. The Kier molecular flexibility index (Phi) is 4.95. The molecule has 1 fully saturated rings. The predicted octanol–water partition coefficient (Wildman–Crippen LogP) is 2.81. The highest BCUT2D eigenvalue weighted by Crippen LogP contribution is 2.24. The lowest BCUT2D eigenvalue weighted by Gasteiger charge is -2.23. The highest BCUT2D eigenvalue weighted by molar-refractivity contribution is 5.99. The Labute approximate surface area is 118 Å². The minimum atomic E-state index is -0.519. The number of carbonyl (C=O) groups is 1. The van der Waals surface area contributed by atoms with Crippen molar-refractivity contribution in [1.29, 1.82) is 0 Å². The molecule has 1 amide bonds. The third kappa shape index (κ3) is 3.28. The fourth-order valence-corrected chi connectivity index (χ4v) is 2.81. The van der Waals surface area contributed by atoms with Gasteiger partial charge >= 0.3 is 0 Å². The van der Waals surface area contributed by atoms with Crippen LogP contribution in [0.4, 0.5) is 10.1 Å². The van der Waals surface area contributed by atoms with E-state index in [1.54, 1.807) is 6.07 Å². The number of anilines is 1. The fourth-order valence-electron chi connectivity index (χ4n) is 2.81. The maximum atomic E-state index is 13.6. The van der Waals surface area contributed by atoms with Gasteiger partial charge in [-0.25, -0.2) is 4.39 Å². The first-order chi connectivity index (χ1) is 9.63. The summed E-state index contributed by atoms with van der Waals surface area (Å²) in [6.45, 7) is 2.16. The van der Waals surface area contributed by atoms with E-state index in [0.29, 0.717) is 5.92 Å². The molecular weight excluding hydrogens is 257 g/mol. The van der Waals surface area contributed by atoms with Gasteiger partial charge in [0, 0.05) is 6.04 Å². The van der Waals surface area contributed by atoms with Crippen molar-refractivity contribution in [2.24, 2.45) is 11.8 Å². The topological polar surface area (TPSA) is 67.2 Å². The summed E-state index contributed by atoms with van der Waals surface area (Å²) in [6.07, 6.45) is 5.65. The highest BCUT2D eigenvalue weighted by atomic mass is 19.1. The monoisotopic (exact) mass is 279 g/mol. The summed E-state index contributed by atoms with van der Waals surface area (Å²) in [4.78, 5) is 12.3. The number of rotatable bonds is 3. The van der Waals surface area contributed by atoms with E-state index in [1.165, 1.54) is 25.0 Å². The van der Waals surface area contributed by atoms with Crippen molar-refractivity contribution in [3.8, 4) is 0 Å². The van der Waals surface area contributed by atoms with E-state index >= 15 is 0 Å². The van der Waals surface area contributed by atoms with E-state index in [-0.39, 0.29) is 23.2 Å². The van der Waals surface area contributed by atoms with E-state index in [4.69, 9.17) is 5.84 Å². The number of hydrogen-bond donors (Lipinski definition) is 3. The van der Waals surface area contributed by atoms with Gasteiger partial charge in [0.1, 0.15) is 5.82 Å². The quantitative estimate of drug-likeness (QED) is 0.453. The summed E-state index contributed by atoms with van der Waals surface area (Å²) < 4.78 is 13.6. The Bertz CT molecular complexity index is 478. The molecule has 1 aliphatic rings. The normalized spacial score (nSPS) is 22.9. The first kappa shape index (κ1) is 14.8. The Balaban J connectivity index is 2.13. The van der Waals surface area contributed by atoms with E-state index in [0.717, 1.165) is 19.3 Å². The molecule has 0 aromatic heterocycles. The summed E-state index contributed by atoms with van der Waals surface area (Å²) in [5.74, 6) is 4.97. The van der Waals surface area contributed by atoms with Gasteiger partial charge in [-0.2, -0.15) is 0 Å². The molecule has 4 nitrogen and oxygen atoms in total. The largest absolute Gasteiger partial charge is 0.349 e. The lowest BCUT2D eigenvalue weighted by Crippen LogP contribution is -2.39. The molecule has 5 heteroatoms. The number of nitrogen functional groups attached to an aromatic ring is 1. The maximum Gasteiger partial charge on any atom is 0.253 e. The van der Waals surface area contributed by atoms with Crippen molar-refractivity contribution in [2.75, 3.05) is 5.43 Å². The van der Waals surface area contributed by atoms with Crippen molar-refractivity contribution < 1.29 is 9.18 Å². The van der Waals surface area contributed by atoms with Crippen LogP contribution in [0, 0.1) is 11.7 Å². The van der Waals surface area contributed by atoms with Crippen LogP contribution in [0.2, 0.25) is 0 Å². The second kappa shape index (κ2) is 6.70. The van der Waals surface area contributed by atoms with Crippen LogP contribution in [0.1, 0.15) is 49.4 Å². The Morgan fingerprint density at radius 3 is 2.80 bits per heavy atom. The lowest BCUT2D eigenvalue weighted by molar-refractivity contribution is 0.0922. The van der Waals surface area contributed by atoms with Gasteiger partial charge in [0.15, 0.2) is 0 Å². The van der Waals surface area contributed by atoms with Gasteiger partial charge in [0.05, 0.1) is 11.3 Å². The van der Waals surface area contributed by atoms with E-state index in [1.807, 2.05) is 0 Å². The number of para-hydroxylation sites is 1. The third-order valence-electron chi connectivity index (χ3n) is 4.08. The van der Waals surface area contributed by atoms with Crippen LogP contribution in [0.25, 0.3) is 0 Å². The zero-order chi connectivity index (χ0) is 14.5. The fraction of sp³-hybridized carbons (Fsp3) is 0.533. The number of benzene rings is 1. The van der Waals surface area contributed by atoms with E-state index in [9.17, 15) is 9.18 Å². The van der Waals surface area contributed by atoms with Crippen LogP contribution in [-0.4, -0.2) is 11.9 Å². The molecule has 0 saturated heterocycles. The van der Waals surface area contributed by atoms with Crippen LogP contribution < -0.4 is 16.6 Å². The molecule has 1 saturated carbocycles. The lowest BCUT2D eigenvalue weighted by atomic mass is 9.96. The van der Waals surface area contributed by atoms with Crippen molar-refractivity contribution in [3.05, 3.63) is 29.6 Å². The molecule has 20 heavy (non-hydrogen) atoms. The summed E-state index contributed by atoms with van der Waals surface area (Å²) in [5, 5.41) is 3.03. The van der Waals surface area contributed by atoms with Gasteiger partial charge in [-0.1, -0.05) is 32.3 Å². The van der Waals surface area contributed by atoms with Crippen molar-refractivity contribution >= 4 is 11.6 Å². The molecule has 2 atom stereocenters. The molecule has 0 bridgehead atoms. The van der Waals surface area contributed by atoms with Crippen molar-refractivity contribution in [2.45, 2.75) is 45.1 Å². The van der Waals surface area contributed by atoms with Crippen LogP contribution in [0.5, 0.6) is 0 Å². The molecule has 2 rings (SSSR count). The molecule has 1 aliphatic carbocycles. The van der Waals surface area contributed by atoms with Crippen LogP contribution in [0.15, 0.2) is 18.2 Å².